The predicted molar refractivity (Wildman–Crippen MR) is 51.9 cm³/mol. The minimum atomic E-state index is -0.149. The van der Waals surface area contributed by atoms with Crippen molar-refractivity contribution in [2.24, 2.45) is 0 Å². The molecule has 1 saturated carbocycles. The Hall–Kier alpha value is -0.240. The van der Waals surface area contributed by atoms with Crippen LogP contribution in [0.3, 0.4) is 0 Å². The van der Waals surface area contributed by atoms with Gasteiger partial charge in [-0.3, -0.25) is 0 Å². The fourth-order valence-corrected chi connectivity index (χ4v) is 1.77. The van der Waals surface area contributed by atoms with Crippen molar-refractivity contribution in [3.63, 3.8) is 0 Å². The minimum Gasteiger partial charge on any atom is -0.624 e. The van der Waals surface area contributed by atoms with Gasteiger partial charge in [-0.1, -0.05) is 6.42 Å². The summed E-state index contributed by atoms with van der Waals surface area (Å²) in [6.07, 6.45) is 7.29. The van der Waals surface area contributed by atoms with E-state index in [-0.39, 0.29) is 11.4 Å². The average molecular weight is 190 g/mol. The zero-order valence-corrected chi connectivity index (χ0v) is 8.26. The summed E-state index contributed by atoms with van der Waals surface area (Å²) in [6, 6.07) is 0.194. The second-order valence-corrected chi connectivity index (χ2v) is 4.17. The topological polar surface area (TPSA) is 26.1 Å². The summed E-state index contributed by atoms with van der Waals surface area (Å²) in [6.45, 7) is 1.81. The van der Waals surface area contributed by atoms with Crippen LogP contribution in [0, 0.1) is 5.21 Å². The van der Waals surface area contributed by atoms with E-state index in [2.05, 4.69) is 0 Å². The molecule has 0 spiro atoms. The smallest absolute Gasteiger partial charge is 0.168 e. The van der Waals surface area contributed by atoms with Crippen molar-refractivity contribution in [1.29, 1.82) is 0 Å². The zero-order chi connectivity index (χ0) is 8.97. The molecule has 1 fully saturated rings. The van der Waals surface area contributed by atoms with Gasteiger partial charge in [0.15, 0.2) is 12.3 Å². The SMILES string of the molecule is CC(Cl)C=[N+]([O-])C1CCCCC1. The molecule has 1 unspecified atom stereocenters. The van der Waals surface area contributed by atoms with E-state index < -0.39 is 0 Å². The molecule has 0 N–H and O–H groups in total. The van der Waals surface area contributed by atoms with Crippen molar-refractivity contribution < 1.29 is 4.74 Å². The van der Waals surface area contributed by atoms with Crippen molar-refractivity contribution >= 4 is 17.8 Å². The first-order valence-electron chi connectivity index (χ1n) is 4.64. The maximum absolute atomic E-state index is 11.4. The molecule has 0 aromatic rings. The third kappa shape index (κ3) is 3.02. The van der Waals surface area contributed by atoms with Gasteiger partial charge >= 0.3 is 0 Å². The van der Waals surface area contributed by atoms with Gasteiger partial charge in [0.1, 0.15) is 5.38 Å². The molecule has 3 heteroatoms. The second-order valence-electron chi connectivity index (χ2n) is 3.48. The molecular weight excluding hydrogens is 174 g/mol. The Morgan fingerprint density at radius 2 is 2.00 bits per heavy atom. The van der Waals surface area contributed by atoms with Crippen molar-refractivity contribution in [1.82, 2.24) is 0 Å². The molecule has 0 bridgehead atoms. The van der Waals surface area contributed by atoms with Crippen LogP contribution in [0.1, 0.15) is 39.0 Å². The van der Waals surface area contributed by atoms with E-state index >= 15 is 0 Å². The number of nitrogens with zero attached hydrogens (tertiary/aromatic N) is 1. The minimum absolute atomic E-state index is 0.149. The van der Waals surface area contributed by atoms with Gasteiger partial charge in [-0.25, -0.2) is 4.74 Å². The highest BCUT2D eigenvalue weighted by molar-refractivity contribution is 6.27. The molecular formula is C9H16ClNO. The largest absolute Gasteiger partial charge is 0.624 e. The third-order valence-electron chi connectivity index (χ3n) is 2.29. The molecule has 1 rings (SSSR count). The van der Waals surface area contributed by atoms with E-state index in [0.29, 0.717) is 0 Å². The standard InChI is InChI=1S/C9H16ClNO/c1-8(10)7-11(12)9-5-3-2-4-6-9/h7-9H,2-6H2,1H3. The van der Waals surface area contributed by atoms with Gasteiger partial charge in [-0.2, -0.15) is 0 Å². The van der Waals surface area contributed by atoms with E-state index in [1.807, 2.05) is 6.92 Å². The first-order chi connectivity index (χ1) is 5.70. The molecule has 1 aliphatic rings. The molecule has 12 heavy (non-hydrogen) atoms. The Bertz CT molecular complexity index is 162. The molecule has 2 nitrogen and oxygen atoms in total. The summed E-state index contributed by atoms with van der Waals surface area (Å²) in [7, 11) is 0. The molecule has 0 aliphatic heterocycles. The monoisotopic (exact) mass is 189 g/mol. The normalized spacial score (nSPS) is 24.0. The number of halogens is 1. The van der Waals surface area contributed by atoms with Crippen LogP contribution in [0.15, 0.2) is 0 Å². The lowest BCUT2D eigenvalue weighted by Crippen LogP contribution is -2.26. The van der Waals surface area contributed by atoms with Crippen LogP contribution in [0.4, 0.5) is 0 Å². The van der Waals surface area contributed by atoms with Crippen molar-refractivity contribution in [2.75, 3.05) is 0 Å². The maximum Gasteiger partial charge on any atom is 0.168 e. The Morgan fingerprint density at radius 1 is 1.42 bits per heavy atom. The summed E-state index contributed by atoms with van der Waals surface area (Å²) in [5.74, 6) is 0. The molecule has 0 radical (unpaired) electrons. The molecule has 1 atom stereocenters. The highest BCUT2D eigenvalue weighted by atomic mass is 35.5. The van der Waals surface area contributed by atoms with Crippen molar-refractivity contribution in [2.45, 2.75) is 50.4 Å². The Balaban J connectivity index is 2.44. The molecule has 1 aliphatic carbocycles. The van der Waals surface area contributed by atoms with E-state index in [0.717, 1.165) is 17.6 Å². The van der Waals surface area contributed by atoms with Gasteiger partial charge in [0.25, 0.3) is 0 Å². The molecule has 0 amide bonds. The Labute approximate surface area is 78.8 Å². The van der Waals surface area contributed by atoms with Gasteiger partial charge in [-0.15, -0.1) is 11.6 Å². The summed E-state index contributed by atoms with van der Waals surface area (Å²) in [5.41, 5.74) is 0. The van der Waals surface area contributed by atoms with Gasteiger partial charge in [0.2, 0.25) is 0 Å². The lowest BCUT2D eigenvalue weighted by atomic mass is 9.96. The predicted octanol–water partition coefficient (Wildman–Crippen LogP) is 2.53. The van der Waals surface area contributed by atoms with Gasteiger partial charge in [0.05, 0.1) is 0 Å². The van der Waals surface area contributed by atoms with Gasteiger partial charge < -0.3 is 5.21 Å². The first-order valence-corrected chi connectivity index (χ1v) is 5.08. The zero-order valence-electron chi connectivity index (χ0n) is 7.50. The van der Waals surface area contributed by atoms with Crippen LogP contribution < -0.4 is 0 Å². The summed E-state index contributed by atoms with van der Waals surface area (Å²) in [4.78, 5) is 0. The highest BCUT2D eigenvalue weighted by Crippen LogP contribution is 2.19. The molecule has 0 heterocycles. The summed E-state index contributed by atoms with van der Waals surface area (Å²) >= 11 is 5.69. The Morgan fingerprint density at radius 3 is 2.50 bits per heavy atom. The van der Waals surface area contributed by atoms with Gasteiger partial charge in [0, 0.05) is 12.8 Å². The lowest BCUT2D eigenvalue weighted by Gasteiger charge is -2.21. The van der Waals surface area contributed by atoms with Crippen LogP contribution in [-0.4, -0.2) is 22.4 Å². The molecule has 0 aromatic heterocycles. The van der Waals surface area contributed by atoms with E-state index in [1.165, 1.54) is 19.3 Å². The maximum atomic E-state index is 11.4. The number of hydroxylamine groups is 1. The molecule has 0 saturated heterocycles. The first kappa shape index (κ1) is 9.85. The number of hydrogen-bond acceptors (Lipinski definition) is 1. The van der Waals surface area contributed by atoms with Crippen LogP contribution in [0.2, 0.25) is 0 Å². The van der Waals surface area contributed by atoms with Crippen molar-refractivity contribution in [3.05, 3.63) is 5.21 Å². The average Bonchev–Trinajstić information content (AvgIpc) is 2.05. The van der Waals surface area contributed by atoms with E-state index in [4.69, 9.17) is 11.6 Å². The number of rotatable bonds is 2. The Kier molecular flexibility index (Phi) is 3.86. The highest BCUT2D eigenvalue weighted by Gasteiger charge is 2.19. The van der Waals surface area contributed by atoms with Crippen LogP contribution in [-0.2, 0) is 0 Å². The quantitative estimate of drug-likeness (QED) is 0.216. The van der Waals surface area contributed by atoms with Crippen LogP contribution >= 0.6 is 11.6 Å². The van der Waals surface area contributed by atoms with Gasteiger partial charge in [-0.05, 0) is 19.8 Å². The van der Waals surface area contributed by atoms with Crippen LogP contribution in [0.25, 0.3) is 0 Å². The lowest BCUT2D eigenvalue weighted by molar-refractivity contribution is -0.502. The van der Waals surface area contributed by atoms with Crippen molar-refractivity contribution in [3.8, 4) is 0 Å². The third-order valence-corrected chi connectivity index (χ3v) is 2.40. The number of alkyl halides is 1. The fourth-order valence-electron chi connectivity index (χ4n) is 1.66. The van der Waals surface area contributed by atoms with E-state index in [9.17, 15) is 5.21 Å². The number of hydrogen-bond donors (Lipinski definition) is 0. The van der Waals surface area contributed by atoms with E-state index in [1.54, 1.807) is 6.21 Å². The molecule has 70 valence electrons. The second kappa shape index (κ2) is 4.70. The summed E-state index contributed by atoms with van der Waals surface area (Å²) < 4.78 is 1.05. The van der Waals surface area contributed by atoms with Crippen LogP contribution in [0.5, 0.6) is 0 Å². The molecule has 0 aromatic carbocycles. The fraction of sp³-hybridized carbons (Fsp3) is 0.889. The summed E-state index contributed by atoms with van der Waals surface area (Å²) in [5, 5.41) is 11.2.